The molecule has 1 fully saturated rings. The number of carbonyl (C=O) groups is 1. The van der Waals surface area contributed by atoms with Crippen LogP contribution in [-0.4, -0.2) is 30.6 Å². The van der Waals surface area contributed by atoms with E-state index in [9.17, 15) is 13.2 Å². The summed E-state index contributed by atoms with van der Waals surface area (Å²) in [7, 11) is -4.04. The molecule has 0 aliphatic heterocycles. The molecule has 0 bridgehead atoms. The Morgan fingerprint density at radius 3 is 2.65 bits per heavy atom. The maximum absolute atomic E-state index is 11.3. The number of carboxylic acids is 1. The van der Waals surface area contributed by atoms with Gasteiger partial charge in [0.15, 0.2) is 5.75 Å². The largest absolute Gasteiger partial charge is 0.487 e. The van der Waals surface area contributed by atoms with Crippen LogP contribution in [0.3, 0.4) is 0 Å². The first-order valence-electron chi connectivity index (χ1n) is 4.81. The monoisotopic (exact) mass is 258 g/mol. The van der Waals surface area contributed by atoms with Crippen LogP contribution in [0.2, 0.25) is 0 Å². The van der Waals surface area contributed by atoms with Crippen LogP contribution in [0, 0.1) is 0 Å². The first kappa shape index (κ1) is 11.8. The Kier molecular flexibility index (Phi) is 2.76. The van der Waals surface area contributed by atoms with Crippen molar-refractivity contribution in [1.29, 1.82) is 0 Å². The number of ether oxygens (including phenoxy) is 1. The third-order valence-electron chi connectivity index (χ3n) is 2.18. The normalized spacial score (nSPS) is 15.6. The summed E-state index contributed by atoms with van der Waals surface area (Å²) in [6.45, 7) is 0. The molecule has 1 aliphatic carbocycles. The molecule has 3 N–H and O–H groups in total. The molecule has 0 spiro atoms. The van der Waals surface area contributed by atoms with Crippen molar-refractivity contribution in [3.05, 3.63) is 18.0 Å². The third kappa shape index (κ3) is 2.71. The lowest BCUT2D eigenvalue weighted by Crippen LogP contribution is -2.16. The molecular formula is C9H10N2O5S. The molecule has 1 aliphatic rings. The number of sulfonamides is 1. The molecule has 0 saturated heterocycles. The van der Waals surface area contributed by atoms with Crippen molar-refractivity contribution in [2.24, 2.45) is 5.14 Å². The summed E-state index contributed by atoms with van der Waals surface area (Å²) in [6, 6.07) is 0.898. The van der Waals surface area contributed by atoms with E-state index in [0.717, 1.165) is 25.1 Å². The molecule has 17 heavy (non-hydrogen) atoms. The highest BCUT2D eigenvalue weighted by Crippen LogP contribution is 2.30. The van der Waals surface area contributed by atoms with E-state index in [1.165, 1.54) is 0 Å². The summed E-state index contributed by atoms with van der Waals surface area (Å²) in [5, 5.41) is 13.7. The fraction of sp³-hybridized carbons (Fsp3) is 0.333. The van der Waals surface area contributed by atoms with Crippen molar-refractivity contribution in [2.45, 2.75) is 23.8 Å². The number of primary sulfonamides is 1. The number of hydrogen-bond donors (Lipinski definition) is 2. The zero-order chi connectivity index (χ0) is 12.6. The SMILES string of the molecule is NS(=O)(=O)c1cc(C(=O)O)ncc1OC1CC1. The van der Waals surface area contributed by atoms with Crippen LogP contribution < -0.4 is 9.88 Å². The molecule has 1 heterocycles. The highest BCUT2D eigenvalue weighted by Gasteiger charge is 2.27. The highest BCUT2D eigenvalue weighted by atomic mass is 32.2. The Hall–Kier alpha value is -1.67. The van der Waals surface area contributed by atoms with Crippen LogP contribution in [0.4, 0.5) is 0 Å². The van der Waals surface area contributed by atoms with Crippen LogP contribution >= 0.6 is 0 Å². The molecule has 0 amide bonds. The summed E-state index contributed by atoms with van der Waals surface area (Å²) >= 11 is 0. The van der Waals surface area contributed by atoms with Crippen molar-refractivity contribution >= 4 is 16.0 Å². The summed E-state index contributed by atoms with van der Waals surface area (Å²) in [6.07, 6.45) is 2.71. The zero-order valence-electron chi connectivity index (χ0n) is 8.66. The fourth-order valence-corrected chi connectivity index (χ4v) is 1.87. The molecule has 1 aromatic heterocycles. The van der Waals surface area contributed by atoms with Gasteiger partial charge in [-0.05, 0) is 18.9 Å². The molecule has 1 saturated carbocycles. The molecule has 0 aromatic carbocycles. The quantitative estimate of drug-likeness (QED) is 0.782. The summed E-state index contributed by atoms with van der Waals surface area (Å²) in [4.78, 5) is 13.9. The second kappa shape index (κ2) is 3.97. The Morgan fingerprint density at radius 1 is 1.53 bits per heavy atom. The van der Waals surface area contributed by atoms with Crippen LogP contribution in [0.1, 0.15) is 23.3 Å². The topological polar surface area (TPSA) is 120 Å². The van der Waals surface area contributed by atoms with E-state index < -0.39 is 21.7 Å². The molecule has 7 nitrogen and oxygen atoms in total. The first-order chi connectivity index (χ1) is 7.88. The number of rotatable bonds is 4. The molecule has 0 radical (unpaired) electrons. The molecular weight excluding hydrogens is 248 g/mol. The minimum Gasteiger partial charge on any atom is -0.487 e. The van der Waals surface area contributed by atoms with Crippen molar-refractivity contribution in [2.75, 3.05) is 0 Å². The average molecular weight is 258 g/mol. The third-order valence-corrected chi connectivity index (χ3v) is 3.11. The predicted molar refractivity (Wildman–Crippen MR) is 56.2 cm³/mol. The van der Waals surface area contributed by atoms with Crippen molar-refractivity contribution in [3.8, 4) is 5.75 Å². The van der Waals surface area contributed by atoms with Gasteiger partial charge in [0.2, 0.25) is 10.0 Å². The van der Waals surface area contributed by atoms with Crippen LogP contribution in [-0.2, 0) is 10.0 Å². The second-order valence-electron chi connectivity index (χ2n) is 3.68. The Bertz CT molecular complexity index is 565. The molecule has 0 atom stereocenters. The van der Waals surface area contributed by atoms with Crippen molar-refractivity contribution in [3.63, 3.8) is 0 Å². The van der Waals surface area contributed by atoms with E-state index >= 15 is 0 Å². The van der Waals surface area contributed by atoms with E-state index in [4.69, 9.17) is 15.0 Å². The average Bonchev–Trinajstić information content (AvgIpc) is 3.00. The Labute approximate surface area is 97.3 Å². The minimum atomic E-state index is -4.04. The molecule has 1 aromatic rings. The van der Waals surface area contributed by atoms with Gasteiger partial charge in [-0.2, -0.15) is 0 Å². The Morgan fingerprint density at radius 2 is 2.18 bits per heavy atom. The van der Waals surface area contributed by atoms with Crippen LogP contribution in [0.15, 0.2) is 17.2 Å². The highest BCUT2D eigenvalue weighted by molar-refractivity contribution is 7.89. The number of carboxylic acid groups (broad SMARTS) is 1. The number of pyridine rings is 1. The number of nitrogens with zero attached hydrogens (tertiary/aromatic N) is 1. The van der Waals surface area contributed by atoms with E-state index in [1.807, 2.05) is 0 Å². The minimum absolute atomic E-state index is 0.000000000000000444. The van der Waals surface area contributed by atoms with E-state index in [2.05, 4.69) is 4.98 Å². The van der Waals surface area contributed by atoms with Gasteiger partial charge >= 0.3 is 5.97 Å². The van der Waals surface area contributed by atoms with Gasteiger partial charge in [0.25, 0.3) is 0 Å². The zero-order valence-corrected chi connectivity index (χ0v) is 9.48. The number of nitrogens with two attached hydrogens (primary N) is 1. The first-order valence-corrected chi connectivity index (χ1v) is 6.35. The van der Waals surface area contributed by atoms with Gasteiger partial charge in [-0.3, -0.25) is 0 Å². The van der Waals surface area contributed by atoms with E-state index in [-0.39, 0.29) is 16.7 Å². The van der Waals surface area contributed by atoms with Gasteiger partial charge in [-0.15, -0.1) is 0 Å². The van der Waals surface area contributed by atoms with Gasteiger partial charge in [0.05, 0.1) is 12.3 Å². The van der Waals surface area contributed by atoms with E-state index in [1.54, 1.807) is 0 Å². The molecule has 2 rings (SSSR count). The Balaban J connectivity index is 2.47. The second-order valence-corrected chi connectivity index (χ2v) is 5.21. The van der Waals surface area contributed by atoms with Gasteiger partial charge in [0, 0.05) is 0 Å². The fourth-order valence-electron chi connectivity index (χ4n) is 1.22. The lowest BCUT2D eigenvalue weighted by molar-refractivity contribution is 0.0690. The van der Waals surface area contributed by atoms with Gasteiger partial charge < -0.3 is 9.84 Å². The predicted octanol–water partition coefficient (Wildman–Crippen LogP) is -0.0316. The standard InChI is InChI=1S/C9H10N2O5S/c10-17(14,15)8-3-6(9(12)13)11-4-7(8)16-5-1-2-5/h3-5H,1-2H2,(H,12,13)(H2,10,14,15). The van der Waals surface area contributed by atoms with Crippen molar-refractivity contribution in [1.82, 2.24) is 4.98 Å². The van der Waals surface area contributed by atoms with Gasteiger partial charge in [-0.25, -0.2) is 23.3 Å². The molecule has 8 heteroatoms. The number of hydrogen-bond acceptors (Lipinski definition) is 5. The molecule has 92 valence electrons. The van der Waals surface area contributed by atoms with E-state index in [0.29, 0.717) is 0 Å². The maximum Gasteiger partial charge on any atom is 0.354 e. The molecule has 0 unspecified atom stereocenters. The smallest absolute Gasteiger partial charge is 0.354 e. The lowest BCUT2D eigenvalue weighted by atomic mass is 10.3. The summed E-state index contributed by atoms with van der Waals surface area (Å²) < 4.78 is 27.9. The summed E-state index contributed by atoms with van der Waals surface area (Å²) in [5.41, 5.74) is -0.392. The van der Waals surface area contributed by atoms with Crippen molar-refractivity contribution < 1.29 is 23.1 Å². The number of aromatic nitrogens is 1. The maximum atomic E-state index is 11.3. The van der Waals surface area contributed by atoms with Crippen LogP contribution in [0.5, 0.6) is 5.75 Å². The van der Waals surface area contributed by atoms with Crippen LogP contribution in [0.25, 0.3) is 0 Å². The summed E-state index contributed by atoms with van der Waals surface area (Å²) in [5.74, 6) is -1.33. The number of aromatic carboxylic acids is 1. The van der Waals surface area contributed by atoms with Gasteiger partial charge in [0.1, 0.15) is 10.6 Å². The van der Waals surface area contributed by atoms with Gasteiger partial charge in [-0.1, -0.05) is 0 Å². The lowest BCUT2D eigenvalue weighted by Gasteiger charge is -2.09.